The second-order valence-corrected chi connectivity index (χ2v) is 7.24. The van der Waals surface area contributed by atoms with Crippen molar-refractivity contribution in [1.29, 1.82) is 0 Å². The van der Waals surface area contributed by atoms with Gasteiger partial charge in [-0.25, -0.2) is 4.79 Å². The van der Waals surface area contributed by atoms with Gasteiger partial charge in [0.1, 0.15) is 0 Å². The molecule has 1 amide bonds. The van der Waals surface area contributed by atoms with E-state index in [1.165, 1.54) is 24.3 Å². The first-order valence-electron chi connectivity index (χ1n) is 9.78. The fraction of sp³-hybridized carbons (Fsp3) is 0.130. The molecule has 2 aromatic heterocycles. The summed E-state index contributed by atoms with van der Waals surface area (Å²) in [5, 5.41) is 5.23. The van der Waals surface area contributed by atoms with Gasteiger partial charge in [-0.2, -0.15) is 23.3 Å². The summed E-state index contributed by atoms with van der Waals surface area (Å²) < 4.78 is 43.5. The third-order valence-electron chi connectivity index (χ3n) is 5.03. The average molecular weight is 454 g/mol. The van der Waals surface area contributed by atoms with Gasteiger partial charge in [0.25, 0.3) is 5.91 Å². The number of alkyl halides is 3. The van der Waals surface area contributed by atoms with Crippen LogP contribution in [0.2, 0.25) is 0 Å². The Labute approximate surface area is 185 Å². The van der Waals surface area contributed by atoms with Crippen molar-refractivity contribution in [3.05, 3.63) is 105 Å². The van der Waals surface area contributed by atoms with Crippen LogP contribution in [0.4, 0.5) is 13.2 Å². The molecule has 0 bridgehead atoms. The van der Waals surface area contributed by atoms with Crippen molar-refractivity contribution >= 4 is 5.91 Å². The molecule has 1 unspecified atom stereocenters. The first-order valence-corrected chi connectivity index (χ1v) is 9.78. The molecule has 0 saturated carbocycles. The van der Waals surface area contributed by atoms with Crippen LogP contribution in [0.25, 0.3) is 11.4 Å². The minimum absolute atomic E-state index is 0.221. The Morgan fingerprint density at radius 2 is 1.76 bits per heavy atom. The molecule has 168 valence electrons. The zero-order valence-electron chi connectivity index (χ0n) is 17.2. The number of aryl methyl sites for hydroxylation is 1. The minimum atomic E-state index is -4.46. The first kappa shape index (κ1) is 22.0. The van der Waals surface area contributed by atoms with Crippen molar-refractivity contribution in [3.63, 3.8) is 0 Å². The fourth-order valence-corrected chi connectivity index (χ4v) is 3.32. The predicted molar refractivity (Wildman–Crippen MR) is 112 cm³/mol. The second-order valence-electron chi connectivity index (χ2n) is 7.24. The van der Waals surface area contributed by atoms with E-state index in [-0.39, 0.29) is 5.82 Å². The van der Waals surface area contributed by atoms with Crippen molar-refractivity contribution in [2.45, 2.75) is 19.1 Å². The lowest BCUT2D eigenvalue weighted by molar-refractivity contribution is -0.137. The Hall–Kier alpha value is -4.21. The number of pyridine rings is 1. The van der Waals surface area contributed by atoms with Crippen LogP contribution in [0.3, 0.4) is 0 Å². The Balaban J connectivity index is 1.63. The molecule has 0 aliphatic carbocycles. The number of carbonyl (C=O) groups excluding carboxylic acids is 1. The van der Waals surface area contributed by atoms with E-state index in [0.717, 1.165) is 17.7 Å². The molecule has 0 fully saturated rings. The number of aromatic amines is 1. The van der Waals surface area contributed by atoms with Gasteiger partial charge in [0.15, 0.2) is 5.82 Å². The smallest absolute Gasteiger partial charge is 0.340 e. The number of benzene rings is 2. The maximum absolute atomic E-state index is 13.0. The number of hydrogen-bond donors (Lipinski definition) is 2. The molecule has 0 radical (unpaired) electrons. The highest BCUT2D eigenvalue weighted by atomic mass is 19.4. The Morgan fingerprint density at radius 3 is 2.33 bits per heavy atom. The number of halogens is 3. The van der Waals surface area contributed by atoms with E-state index in [4.69, 9.17) is 0 Å². The number of aromatic nitrogens is 3. The summed E-state index contributed by atoms with van der Waals surface area (Å²) in [6.07, 6.45) is -2.91. The van der Waals surface area contributed by atoms with E-state index < -0.39 is 29.4 Å². The number of hydrogen-bond acceptors (Lipinski definition) is 5. The third-order valence-corrected chi connectivity index (χ3v) is 5.03. The lowest BCUT2D eigenvalue weighted by Crippen LogP contribution is -2.30. The Morgan fingerprint density at radius 1 is 1.06 bits per heavy atom. The van der Waals surface area contributed by atoms with Gasteiger partial charge in [-0.05, 0) is 48.4 Å². The summed E-state index contributed by atoms with van der Waals surface area (Å²) in [4.78, 5) is 32.1. The van der Waals surface area contributed by atoms with Crippen LogP contribution in [0.1, 0.15) is 38.8 Å². The highest BCUT2D eigenvalue weighted by molar-refractivity contribution is 5.95. The number of carbonyl (C=O) groups is 1. The topological polar surface area (TPSA) is 101 Å². The molecular formula is C23H17F3N4O3. The molecule has 0 spiro atoms. The standard InChI is InChI=1S/C23H17F3N4O3/c1-13-3-2-12-27-18(13)19(14-8-10-17(11-9-14)23(24,25)26)28-21(31)16-6-4-15(5-7-16)20-29-22(32)33-30-20/h2-12,19H,1H3,(H,28,31)(H,29,30,32). The number of amides is 1. The lowest BCUT2D eigenvalue weighted by atomic mass is 9.98. The number of rotatable bonds is 5. The van der Waals surface area contributed by atoms with Crippen LogP contribution < -0.4 is 11.1 Å². The van der Waals surface area contributed by atoms with Crippen LogP contribution >= 0.6 is 0 Å². The Bertz CT molecular complexity index is 1330. The van der Waals surface area contributed by atoms with Crippen molar-refractivity contribution in [3.8, 4) is 11.4 Å². The van der Waals surface area contributed by atoms with Gasteiger partial charge in [-0.1, -0.05) is 30.3 Å². The Kier molecular flexibility index (Phi) is 5.82. The normalized spacial score (nSPS) is 12.4. The summed E-state index contributed by atoms with van der Waals surface area (Å²) in [6, 6.07) is 13.6. The van der Waals surface area contributed by atoms with Crippen molar-refractivity contribution < 1.29 is 22.5 Å². The van der Waals surface area contributed by atoms with E-state index in [1.807, 2.05) is 0 Å². The molecule has 4 rings (SSSR count). The lowest BCUT2D eigenvalue weighted by Gasteiger charge is -2.21. The van der Waals surface area contributed by atoms with Gasteiger partial charge >= 0.3 is 11.9 Å². The quantitative estimate of drug-likeness (QED) is 0.469. The van der Waals surface area contributed by atoms with Gasteiger partial charge in [-0.3, -0.25) is 9.78 Å². The van der Waals surface area contributed by atoms with Gasteiger partial charge < -0.3 is 9.84 Å². The summed E-state index contributed by atoms with van der Waals surface area (Å²) in [5.41, 5.74) is 1.80. The van der Waals surface area contributed by atoms with Crippen LogP contribution in [-0.4, -0.2) is 21.0 Å². The highest BCUT2D eigenvalue weighted by Crippen LogP contribution is 2.31. The largest absolute Gasteiger partial charge is 0.460 e. The molecule has 0 saturated heterocycles. The molecule has 0 aliphatic rings. The molecule has 7 nitrogen and oxygen atoms in total. The summed E-state index contributed by atoms with van der Waals surface area (Å²) in [7, 11) is 0. The van der Waals surface area contributed by atoms with Crippen molar-refractivity contribution in [2.24, 2.45) is 0 Å². The van der Waals surface area contributed by atoms with Crippen molar-refractivity contribution in [1.82, 2.24) is 20.4 Å². The number of nitrogens with zero attached hydrogens (tertiary/aromatic N) is 2. The molecule has 1 atom stereocenters. The van der Waals surface area contributed by atoms with Gasteiger partial charge in [0.2, 0.25) is 0 Å². The van der Waals surface area contributed by atoms with Crippen LogP contribution in [-0.2, 0) is 6.18 Å². The molecule has 2 N–H and O–H groups in total. The first-order chi connectivity index (χ1) is 15.7. The zero-order chi connectivity index (χ0) is 23.6. The molecule has 4 aromatic rings. The molecular weight excluding hydrogens is 437 g/mol. The van der Waals surface area contributed by atoms with E-state index >= 15 is 0 Å². The summed E-state index contributed by atoms with van der Waals surface area (Å²) in [5.74, 6) is -0.999. The summed E-state index contributed by atoms with van der Waals surface area (Å²) >= 11 is 0. The number of H-pyrrole nitrogens is 1. The van der Waals surface area contributed by atoms with E-state index in [9.17, 15) is 22.8 Å². The fourth-order valence-electron chi connectivity index (χ4n) is 3.32. The molecule has 0 aliphatic heterocycles. The predicted octanol–water partition coefficient (Wildman–Crippen LogP) is 4.27. The molecule has 2 heterocycles. The molecule has 2 aromatic carbocycles. The van der Waals surface area contributed by atoms with Crippen LogP contribution in [0.5, 0.6) is 0 Å². The van der Waals surface area contributed by atoms with Gasteiger partial charge in [0.05, 0.1) is 17.3 Å². The maximum Gasteiger partial charge on any atom is 0.460 e. The van der Waals surface area contributed by atoms with Crippen molar-refractivity contribution in [2.75, 3.05) is 0 Å². The average Bonchev–Trinajstić information content (AvgIpc) is 3.24. The monoisotopic (exact) mass is 454 g/mol. The molecule has 33 heavy (non-hydrogen) atoms. The maximum atomic E-state index is 13.0. The van der Waals surface area contributed by atoms with E-state index in [0.29, 0.717) is 22.4 Å². The minimum Gasteiger partial charge on any atom is -0.340 e. The van der Waals surface area contributed by atoms with E-state index in [2.05, 4.69) is 25.0 Å². The SMILES string of the molecule is Cc1cccnc1C(NC(=O)c1ccc(-c2nc(=O)o[nH]2)cc1)c1ccc(C(F)(F)F)cc1. The summed E-state index contributed by atoms with van der Waals surface area (Å²) in [6.45, 7) is 1.80. The number of nitrogens with one attached hydrogen (secondary N) is 2. The molecule has 10 heteroatoms. The second kappa shape index (κ2) is 8.73. The zero-order valence-corrected chi connectivity index (χ0v) is 17.2. The third kappa shape index (κ3) is 4.84. The van der Waals surface area contributed by atoms with Crippen LogP contribution in [0, 0.1) is 6.92 Å². The van der Waals surface area contributed by atoms with Gasteiger partial charge in [0, 0.05) is 17.3 Å². The van der Waals surface area contributed by atoms with Crippen LogP contribution in [0.15, 0.2) is 76.2 Å². The van der Waals surface area contributed by atoms with Gasteiger partial charge in [-0.15, -0.1) is 0 Å². The van der Waals surface area contributed by atoms with E-state index in [1.54, 1.807) is 37.4 Å². The highest BCUT2D eigenvalue weighted by Gasteiger charge is 2.30.